The van der Waals surface area contributed by atoms with Crippen LogP contribution in [0.2, 0.25) is 0 Å². The van der Waals surface area contributed by atoms with Gasteiger partial charge in [-0.15, -0.1) is 0 Å². The number of nitrogens with zero attached hydrogens (tertiary/aromatic N) is 3. The normalized spacial score (nSPS) is 10.7. The molecule has 0 bridgehead atoms. The molecular formula is C21H14FN3. The number of fused-ring (bicyclic) bond motifs is 1. The van der Waals surface area contributed by atoms with Crippen molar-refractivity contribution in [3.05, 3.63) is 89.7 Å². The molecule has 0 saturated heterocycles. The van der Waals surface area contributed by atoms with Crippen LogP contribution in [0.15, 0.2) is 72.8 Å². The summed E-state index contributed by atoms with van der Waals surface area (Å²) in [5.74, 6) is 0.391. The second-order valence-electron chi connectivity index (χ2n) is 5.83. The van der Waals surface area contributed by atoms with E-state index in [9.17, 15) is 9.65 Å². The van der Waals surface area contributed by atoms with E-state index in [0.29, 0.717) is 23.5 Å². The molecule has 4 rings (SSSR count). The predicted molar refractivity (Wildman–Crippen MR) is 95.4 cm³/mol. The fourth-order valence-electron chi connectivity index (χ4n) is 2.97. The Bertz CT molecular complexity index is 1090. The molecule has 3 nitrogen and oxygen atoms in total. The van der Waals surface area contributed by atoms with Crippen LogP contribution in [0.25, 0.3) is 22.4 Å². The number of hydrogen-bond acceptors (Lipinski definition) is 2. The van der Waals surface area contributed by atoms with E-state index in [2.05, 4.69) is 11.1 Å². The first kappa shape index (κ1) is 15.1. The zero-order valence-electron chi connectivity index (χ0n) is 13.4. The Kier molecular flexibility index (Phi) is 3.75. The summed E-state index contributed by atoms with van der Waals surface area (Å²) < 4.78 is 15.7. The largest absolute Gasteiger partial charge is 0.319 e. The van der Waals surface area contributed by atoms with Gasteiger partial charge in [0.25, 0.3) is 0 Å². The maximum Gasteiger partial charge on any atom is 0.141 e. The number of rotatable bonds is 3. The van der Waals surface area contributed by atoms with Crippen LogP contribution in [0, 0.1) is 17.1 Å². The third-order valence-electron chi connectivity index (χ3n) is 4.14. The van der Waals surface area contributed by atoms with Crippen LogP contribution in [-0.4, -0.2) is 9.55 Å². The van der Waals surface area contributed by atoms with Crippen LogP contribution >= 0.6 is 0 Å². The van der Waals surface area contributed by atoms with Gasteiger partial charge in [0.1, 0.15) is 11.6 Å². The van der Waals surface area contributed by atoms with Gasteiger partial charge >= 0.3 is 0 Å². The fraction of sp³-hybridized carbons (Fsp3) is 0.0476. The summed E-state index contributed by atoms with van der Waals surface area (Å²) in [5, 5.41) is 9.21. The molecule has 0 N–H and O–H groups in total. The highest BCUT2D eigenvalue weighted by atomic mass is 19.1. The maximum atomic E-state index is 13.7. The molecule has 0 unspecified atom stereocenters. The second kappa shape index (κ2) is 6.21. The maximum absolute atomic E-state index is 13.7. The van der Waals surface area contributed by atoms with E-state index in [1.54, 1.807) is 12.1 Å². The molecule has 0 fully saturated rings. The Labute approximate surface area is 144 Å². The van der Waals surface area contributed by atoms with E-state index in [1.165, 1.54) is 12.1 Å². The van der Waals surface area contributed by atoms with Crippen molar-refractivity contribution in [1.82, 2.24) is 9.55 Å². The first-order valence-corrected chi connectivity index (χ1v) is 7.95. The number of imidazole rings is 1. The van der Waals surface area contributed by atoms with Crippen LogP contribution in [0.4, 0.5) is 4.39 Å². The number of benzene rings is 3. The first-order valence-electron chi connectivity index (χ1n) is 7.95. The molecule has 0 spiro atoms. The highest BCUT2D eigenvalue weighted by Gasteiger charge is 2.14. The van der Waals surface area contributed by atoms with E-state index in [4.69, 9.17) is 0 Å². The topological polar surface area (TPSA) is 41.6 Å². The highest BCUT2D eigenvalue weighted by molar-refractivity contribution is 5.82. The minimum absolute atomic E-state index is 0.298. The molecule has 4 aromatic rings. The quantitative estimate of drug-likeness (QED) is 0.544. The van der Waals surface area contributed by atoms with E-state index in [1.807, 2.05) is 53.1 Å². The van der Waals surface area contributed by atoms with Crippen molar-refractivity contribution < 1.29 is 4.39 Å². The molecule has 0 aliphatic carbocycles. The zero-order valence-corrected chi connectivity index (χ0v) is 13.4. The lowest BCUT2D eigenvalue weighted by Crippen LogP contribution is -2.02. The van der Waals surface area contributed by atoms with Gasteiger partial charge in [0, 0.05) is 12.1 Å². The Morgan fingerprint density at radius 2 is 1.80 bits per heavy atom. The van der Waals surface area contributed by atoms with Gasteiger partial charge in [-0.25, -0.2) is 9.37 Å². The van der Waals surface area contributed by atoms with E-state index in [0.717, 1.165) is 16.6 Å². The lowest BCUT2D eigenvalue weighted by atomic mass is 10.1. The summed E-state index contributed by atoms with van der Waals surface area (Å²) in [7, 11) is 0. The van der Waals surface area contributed by atoms with Crippen LogP contribution in [-0.2, 0) is 6.54 Å². The van der Waals surface area contributed by atoms with Crippen molar-refractivity contribution >= 4 is 11.0 Å². The molecule has 0 aliphatic heterocycles. The minimum Gasteiger partial charge on any atom is -0.319 e. The van der Waals surface area contributed by atoms with Crippen molar-refractivity contribution in [2.24, 2.45) is 0 Å². The molecule has 1 aromatic heterocycles. The summed E-state index contributed by atoms with van der Waals surface area (Å²) in [6, 6.07) is 24.0. The number of hydrogen-bond donors (Lipinski definition) is 0. The fourth-order valence-corrected chi connectivity index (χ4v) is 2.97. The first-order chi connectivity index (χ1) is 12.2. The van der Waals surface area contributed by atoms with Gasteiger partial charge in [0.05, 0.1) is 22.7 Å². The average Bonchev–Trinajstić information content (AvgIpc) is 3.00. The Hall–Kier alpha value is -3.45. The Morgan fingerprint density at radius 3 is 2.56 bits per heavy atom. The van der Waals surface area contributed by atoms with Crippen LogP contribution in [0.3, 0.4) is 0 Å². The molecule has 0 atom stereocenters. The predicted octanol–water partition coefficient (Wildman–Crippen LogP) is 4.76. The van der Waals surface area contributed by atoms with Crippen LogP contribution < -0.4 is 0 Å². The summed E-state index contributed by atoms with van der Waals surface area (Å²) in [6.07, 6.45) is 0. The minimum atomic E-state index is -0.298. The van der Waals surface area contributed by atoms with Crippen molar-refractivity contribution in [3.63, 3.8) is 0 Å². The molecule has 3 aromatic carbocycles. The lowest BCUT2D eigenvalue weighted by molar-refractivity contribution is 0.628. The number of aromatic nitrogens is 2. The summed E-state index contributed by atoms with van der Waals surface area (Å²) in [4.78, 5) is 4.68. The number of halogens is 1. The van der Waals surface area contributed by atoms with E-state index < -0.39 is 0 Å². The van der Waals surface area contributed by atoms with Gasteiger partial charge in [0.2, 0.25) is 0 Å². The third-order valence-corrected chi connectivity index (χ3v) is 4.14. The van der Waals surface area contributed by atoms with Crippen molar-refractivity contribution in [2.45, 2.75) is 6.54 Å². The third kappa shape index (κ3) is 2.88. The monoisotopic (exact) mass is 327 g/mol. The lowest BCUT2D eigenvalue weighted by Gasteiger charge is -2.10. The summed E-state index contributed by atoms with van der Waals surface area (Å²) >= 11 is 0. The summed E-state index contributed by atoms with van der Waals surface area (Å²) in [5.41, 5.74) is 4.05. The summed E-state index contributed by atoms with van der Waals surface area (Å²) in [6.45, 7) is 0.595. The van der Waals surface area contributed by atoms with Crippen LogP contribution in [0.5, 0.6) is 0 Å². The van der Waals surface area contributed by atoms with Gasteiger partial charge in [0.15, 0.2) is 0 Å². The Balaban J connectivity index is 1.95. The smallest absolute Gasteiger partial charge is 0.141 e. The van der Waals surface area contributed by atoms with Crippen molar-refractivity contribution in [1.29, 1.82) is 5.26 Å². The molecule has 0 saturated carbocycles. The van der Waals surface area contributed by atoms with Crippen molar-refractivity contribution in [3.8, 4) is 17.5 Å². The molecule has 25 heavy (non-hydrogen) atoms. The van der Waals surface area contributed by atoms with Crippen LogP contribution in [0.1, 0.15) is 11.1 Å². The SMILES string of the molecule is N#Cc1ccc2nc(-c3cccc(F)c3)n(Cc3ccccc3)c2c1. The second-order valence-corrected chi connectivity index (χ2v) is 5.83. The van der Waals surface area contributed by atoms with Crippen molar-refractivity contribution in [2.75, 3.05) is 0 Å². The molecule has 1 heterocycles. The number of nitriles is 1. The molecule has 120 valence electrons. The van der Waals surface area contributed by atoms with Gasteiger partial charge in [-0.2, -0.15) is 5.26 Å². The molecule has 0 radical (unpaired) electrons. The molecule has 0 amide bonds. The Morgan fingerprint density at radius 1 is 0.960 bits per heavy atom. The average molecular weight is 327 g/mol. The molecule has 4 heteroatoms. The van der Waals surface area contributed by atoms with Gasteiger partial charge in [-0.05, 0) is 35.9 Å². The van der Waals surface area contributed by atoms with E-state index >= 15 is 0 Å². The van der Waals surface area contributed by atoms with E-state index in [-0.39, 0.29) is 5.82 Å². The zero-order chi connectivity index (χ0) is 17.2. The van der Waals surface area contributed by atoms with Gasteiger partial charge in [-0.1, -0.05) is 42.5 Å². The van der Waals surface area contributed by atoms with Gasteiger partial charge < -0.3 is 4.57 Å². The standard InChI is InChI=1S/C21H14FN3/c22-18-8-4-7-17(12-18)21-24-19-10-9-16(13-23)11-20(19)25(21)14-15-5-2-1-3-6-15/h1-12H,14H2. The molecule has 0 aliphatic rings. The highest BCUT2D eigenvalue weighted by Crippen LogP contribution is 2.27. The van der Waals surface area contributed by atoms with Gasteiger partial charge in [-0.3, -0.25) is 0 Å². The molecular weight excluding hydrogens is 313 g/mol.